The monoisotopic (exact) mass is 271 g/mol. The molecule has 0 saturated carbocycles. The second-order valence-corrected chi connectivity index (χ2v) is 6.03. The van der Waals surface area contributed by atoms with Crippen LogP contribution < -0.4 is 4.74 Å². The van der Waals surface area contributed by atoms with E-state index in [0.717, 1.165) is 6.07 Å². The predicted molar refractivity (Wildman–Crippen MR) is 65.6 cm³/mol. The van der Waals surface area contributed by atoms with E-state index < -0.39 is 15.7 Å². The van der Waals surface area contributed by atoms with Gasteiger partial charge in [0.05, 0.1) is 11.5 Å². The average molecular weight is 271 g/mol. The number of nitriles is 1. The molecule has 0 heterocycles. The summed E-state index contributed by atoms with van der Waals surface area (Å²) >= 11 is 0. The number of ether oxygens (including phenoxy) is 1. The number of sulfone groups is 1. The number of benzene rings is 1. The summed E-state index contributed by atoms with van der Waals surface area (Å²) < 4.78 is 41.2. The quantitative estimate of drug-likeness (QED) is 0.792. The molecule has 4 nitrogen and oxygen atoms in total. The minimum Gasteiger partial charge on any atom is -0.491 e. The molecule has 0 spiro atoms. The Morgan fingerprint density at radius 2 is 2.11 bits per heavy atom. The SMILES string of the molecule is CCCS(=O)(=O)CCOc1cccc(F)c1C#N. The standard InChI is InChI=1S/C12H14FNO3S/c1-2-7-18(15,16)8-6-17-12-5-3-4-11(13)10(12)9-14/h3-5H,2,6-8H2,1H3. The van der Waals surface area contributed by atoms with Crippen LogP contribution >= 0.6 is 0 Å². The van der Waals surface area contributed by atoms with Crippen LogP contribution in [-0.4, -0.2) is 26.5 Å². The molecule has 0 aliphatic rings. The lowest BCUT2D eigenvalue weighted by Gasteiger charge is -2.08. The fourth-order valence-corrected chi connectivity index (χ4v) is 2.59. The summed E-state index contributed by atoms with van der Waals surface area (Å²) in [6, 6.07) is 5.69. The van der Waals surface area contributed by atoms with Crippen LogP contribution in [0.3, 0.4) is 0 Å². The highest BCUT2D eigenvalue weighted by molar-refractivity contribution is 7.91. The van der Waals surface area contributed by atoms with Crippen molar-refractivity contribution in [2.75, 3.05) is 18.1 Å². The van der Waals surface area contributed by atoms with Gasteiger partial charge in [0.2, 0.25) is 0 Å². The number of rotatable bonds is 6. The van der Waals surface area contributed by atoms with Gasteiger partial charge in [0.25, 0.3) is 0 Å². The molecule has 18 heavy (non-hydrogen) atoms. The topological polar surface area (TPSA) is 67.2 Å². The highest BCUT2D eigenvalue weighted by Crippen LogP contribution is 2.20. The molecule has 0 aliphatic carbocycles. The molecule has 0 amide bonds. The fraction of sp³-hybridized carbons (Fsp3) is 0.417. The zero-order chi connectivity index (χ0) is 13.6. The lowest BCUT2D eigenvalue weighted by atomic mass is 10.2. The summed E-state index contributed by atoms with van der Waals surface area (Å²) in [5.41, 5.74) is -0.203. The zero-order valence-corrected chi connectivity index (χ0v) is 10.8. The van der Waals surface area contributed by atoms with Crippen LogP contribution in [0.2, 0.25) is 0 Å². The lowest BCUT2D eigenvalue weighted by Crippen LogP contribution is -2.17. The van der Waals surface area contributed by atoms with Gasteiger partial charge in [-0.25, -0.2) is 12.8 Å². The fourth-order valence-electron chi connectivity index (χ4n) is 1.42. The maximum absolute atomic E-state index is 13.2. The van der Waals surface area contributed by atoms with Crippen molar-refractivity contribution in [1.29, 1.82) is 5.26 Å². The van der Waals surface area contributed by atoms with Gasteiger partial charge in [-0.15, -0.1) is 0 Å². The van der Waals surface area contributed by atoms with Crippen molar-refractivity contribution in [2.45, 2.75) is 13.3 Å². The van der Waals surface area contributed by atoms with E-state index in [1.54, 1.807) is 13.0 Å². The van der Waals surface area contributed by atoms with E-state index in [4.69, 9.17) is 10.00 Å². The van der Waals surface area contributed by atoms with Gasteiger partial charge in [-0.2, -0.15) is 5.26 Å². The highest BCUT2D eigenvalue weighted by Gasteiger charge is 2.12. The van der Waals surface area contributed by atoms with Crippen LogP contribution in [-0.2, 0) is 9.84 Å². The molecule has 0 N–H and O–H groups in total. The van der Waals surface area contributed by atoms with E-state index in [1.807, 2.05) is 0 Å². The van der Waals surface area contributed by atoms with Crippen LogP contribution in [0, 0.1) is 17.1 Å². The third kappa shape index (κ3) is 4.00. The first-order valence-electron chi connectivity index (χ1n) is 5.52. The largest absolute Gasteiger partial charge is 0.491 e. The molecule has 0 atom stereocenters. The van der Waals surface area contributed by atoms with Crippen LogP contribution in [0.15, 0.2) is 18.2 Å². The maximum Gasteiger partial charge on any atom is 0.153 e. The van der Waals surface area contributed by atoms with E-state index in [0.29, 0.717) is 6.42 Å². The van der Waals surface area contributed by atoms with Crippen molar-refractivity contribution in [1.82, 2.24) is 0 Å². The summed E-state index contributed by atoms with van der Waals surface area (Å²) in [7, 11) is -3.13. The van der Waals surface area contributed by atoms with Crippen LogP contribution in [0.1, 0.15) is 18.9 Å². The minimum absolute atomic E-state index is 0.0733. The van der Waals surface area contributed by atoms with Crippen molar-refractivity contribution in [3.05, 3.63) is 29.6 Å². The molecule has 0 aromatic heterocycles. The van der Waals surface area contributed by atoms with Crippen molar-refractivity contribution >= 4 is 9.84 Å². The van der Waals surface area contributed by atoms with E-state index in [9.17, 15) is 12.8 Å². The lowest BCUT2D eigenvalue weighted by molar-refractivity contribution is 0.337. The molecule has 0 radical (unpaired) electrons. The van der Waals surface area contributed by atoms with E-state index >= 15 is 0 Å². The van der Waals surface area contributed by atoms with E-state index in [1.165, 1.54) is 12.1 Å². The van der Waals surface area contributed by atoms with Gasteiger partial charge in [0.1, 0.15) is 29.8 Å². The molecule has 0 unspecified atom stereocenters. The molecule has 6 heteroatoms. The Labute approximate surface area is 106 Å². The van der Waals surface area contributed by atoms with Crippen molar-refractivity contribution in [3.63, 3.8) is 0 Å². The first kappa shape index (κ1) is 14.5. The Hall–Kier alpha value is -1.61. The first-order chi connectivity index (χ1) is 8.50. The van der Waals surface area contributed by atoms with E-state index in [2.05, 4.69) is 0 Å². The Bertz CT molecular complexity index is 549. The smallest absolute Gasteiger partial charge is 0.153 e. The molecule has 0 fully saturated rings. The summed E-state index contributed by atoms with van der Waals surface area (Å²) in [4.78, 5) is 0. The van der Waals surface area contributed by atoms with Gasteiger partial charge in [0.15, 0.2) is 9.84 Å². The van der Waals surface area contributed by atoms with Crippen molar-refractivity contribution < 1.29 is 17.5 Å². The first-order valence-corrected chi connectivity index (χ1v) is 7.34. The Morgan fingerprint density at radius 1 is 1.39 bits per heavy atom. The molecule has 0 saturated heterocycles. The van der Waals surface area contributed by atoms with Crippen molar-refractivity contribution in [2.24, 2.45) is 0 Å². The van der Waals surface area contributed by atoms with Gasteiger partial charge >= 0.3 is 0 Å². The molecular weight excluding hydrogens is 257 g/mol. The molecule has 1 rings (SSSR count). The third-order valence-electron chi connectivity index (χ3n) is 2.25. The summed E-state index contributed by atoms with van der Waals surface area (Å²) in [5, 5.41) is 8.75. The maximum atomic E-state index is 13.2. The van der Waals surface area contributed by atoms with Gasteiger partial charge in [-0.05, 0) is 18.6 Å². The Morgan fingerprint density at radius 3 is 2.72 bits per heavy atom. The molecule has 98 valence electrons. The average Bonchev–Trinajstić information content (AvgIpc) is 2.29. The van der Waals surface area contributed by atoms with Gasteiger partial charge < -0.3 is 4.74 Å². The van der Waals surface area contributed by atoms with Crippen LogP contribution in [0.25, 0.3) is 0 Å². The summed E-state index contributed by atoms with van der Waals surface area (Å²) in [6.07, 6.45) is 0.547. The van der Waals surface area contributed by atoms with Gasteiger partial charge in [-0.3, -0.25) is 0 Å². The van der Waals surface area contributed by atoms with Crippen LogP contribution in [0.4, 0.5) is 4.39 Å². The van der Waals surface area contributed by atoms with Crippen molar-refractivity contribution in [3.8, 4) is 11.8 Å². The number of halogens is 1. The zero-order valence-electron chi connectivity index (χ0n) is 10.0. The summed E-state index contributed by atoms with van der Waals surface area (Å²) in [6.45, 7) is 1.69. The van der Waals surface area contributed by atoms with Crippen LogP contribution in [0.5, 0.6) is 5.75 Å². The van der Waals surface area contributed by atoms with E-state index in [-0.39, 0.29) is 29.4 Å². The third-order valence-corrected chi connectivity index (χ3v) is 4.07. The Balaban J connectivity index is 2.66. The molecule has 0 bridgehead atoms. The minimum atomic E-state index is -3.13. The predicted octanol–water partition coefficient (Wildman–Crippen LogP) is 1.90. The summed E-state index contributed by atoms with van der Waals surface area (Å²) in [5.74, 6) is -0.636. The number of hydrogen-bond donors (Lipinski definition) is 0. The normalized spacial score (nSPS) is 10.9. The number of nitrogens with zero attached hydrogens (tertiary/aromatic N) is 1. The molecular formula is C12H14FNO3S. The second-order valence-electron chi connectivity index (χ2n) is 3.73. The molecule has 0 aliphatic heterocycles. The highest BCUT2D eigenvalue weighted by atomic mass is 32.2. The number of hydrogen-bond acceptors (Lipinski definition) is 4. The molecule has 1 aromatic carbocycles. The second kappa shape index (κ2) is 6.36. The Kier molecular flexibility index (Phi) is 5.10. The molecule has 1 aromatic rings. The van der Waals surface area contributed by atoms with Gasteiger partial charge in [0, 0.05) is 0 Å². The van der Waals surface area contributed by atoms with Gasteiger partial charge in [-0.1, -0.05) is 13.0 Å².